The number of carbonyl (C=O) groups excluding carboxylic acids is 1. The minimum Gasteiger partial charge on any atom is -0.462 e. The number of ether oxygens (including phenoxy) is 1. The van der Waals surface area contributed by atoms with Crippen molar-refractivity contribution < 1.29 is 19.1 Å². The number of hydrogen-bond acceptors (Lipinski definition) is 4. The fraction of sp³-hybridized carbons (Fsp3) is 0.909. The predicted octanol–water partition coefficient (Wildman–Crippen LogP) is 1.53. The van der Waals surface area contributed by atoms with Gasteiger partial charge >= 0.3 is 0 Å². The molecule has 5 heteroatoms. The van der Waals surface area contributed by atoms with Crippen LogP contribution in [0.1, 0.15) is 33.6 Å². The molecule has 0 atom stereocenters. The average Bonchev–Trinajstić information content (AvgIpc) is 2.18. The Kier molecular flexibility index (Phi) is 7.25. The molecular formula is C11H22FNO3. The zero-order valence-corrected chi connectivity index (χ0v) is 10.3. The normalized spacial score (nSPS) is 18.6. The molecule has 0 unspecified atom stereocenters. The van der Waals surface area contributed by atoms with Gasteiger partial charge in [0.25, 0.3) is 6.47 Å². The van der Waals surface area contributed by atoms with Crippen LogP contribution in [0.15, 0.2) is 0 Å². The summed E-state index contributed by atoms with van der Waals surface area (Å²) >= 11 is 0. The van der Waals surface area contributed by atoms with Gasteiger partial charge in [0.15, 0.2) is 0 Å². The van der Waals surface area contributed by atoms with Gasteiger partial charge in [0, 0.05) is 19.7 Å². The number of carbonyl (C=O) groups is 1. The largest absolute Gasteiger partial charge is 0.462 e. The van der Waals surface area contributed by atoms with Crippen LogP contribution >= 0.6 is 0 Å². The third kappa shape index (κ3) is 8.61. The molecule has 0 aromatic rings. The molecule has 1 aliphatic rings. The maximum absolute atomic E-state index is 12.2. The lowest BCUT2D eigenvalue weighted by atomic mass is 9.99. The minimum absolute atomic E-state index is 0.216. The van der Waals surface area contributed by atoms with Crippen molar-refractivity contribution in [3.8, 4) is 0 Å². The zero-order chi connectivity index (χ0) is 12.6. The highest BCUT2D eigenvalue weighted by molar-refractivity contribution is 5.37. The second-order valence-corrected chi connectivity index (χ2v) is 4.86. The topological polar surface area (TPSA) is 49.8 Å². The number of nitrogens with zero attached hydrogens (tertiary/aromatic N) is 1. The van der Waals surface area contributed by atoms with E-state index in [4.69, 9.17) is 5.11 Å². The SMILES string of the molecule is CC(C)(C)OC=O.OCC1CCN(F)CC1. The highest BCUT2D eigenvalue weighted by Crippen LogP contribution is 2.15. The summed E-state index contributed by atoms with van der Waals surface area (Å²) in [6, 6.07) is 0. The number of piperidine rings is 1. The molecule has 0 saturated carbocycles. The molecule has 1 fully saturated rings. The van der Waals surface area contributed by atoms with Crippen molar-refractivity contribution in [3.05, 3.63) is 0 Å². The van der Waals surface area contributed by atoms with Gasteiger partial charge in [0.1, 0.15) is 5.60 Å². The van der Waals surface area contributed by atoms with E-state index in [0.717, 1.165) is 18.0 Å². The summed E-state index contributed by atoms with van der Waals surface area (Å²) in [4.78, 5) is 9.60. The van der Waals surface area contributed by atoms with Gasteiger partial charge in [-0.15, -0.1) is 9.60 Å². The lowest BCUT2D eigenvalue weighted by Crippen LogP contribution is -2.28. The molecule has 96 valence electrons. The number of hydrogen-bond donors (Lipinski definition) is 1. The Morgan fingerprint density at radius 1 is 1.44 bits per heavy atom. The molecule has 1 N–H and O–H groups in total. The van der Waals surface area contributed by atoms with E-state index in [1.807, 2.05) is 20.8 Å². The molecule has 0 radical (unpaired) electrons. The van der Waals surface area contributed by atoms with E-state index in [1.54, 1.807) is 0 Å². The van der Waals surface area contributed by atoms with Crippen LogP contribution in [0, 0.1) is 5.92 Å². The van der Waals surface area contributed by atoms with E-state index >= 15 is 0 Å². The van der Waals surface area contributed by atoms with E-state index in [9.17, 15) is 9.28 Å². The first kappa shape index (κ1) is 15.3. The molecule has 0 amide bonds. The second kappa shape index (κ2) is 7.57. The van der Waals surface area contributed by atoms with E-state index in [2.05, 4.69) is 4.74 Å². The van der Waals surface area contributed by atoms with Gasteiger partial charge in [0.05, 0.1) is 0 Å². The van der Waals surface area contributed by atoms with E-state index in [1.165, 1.54) is 0 Å². The molecule has 1 heterocycles. The minimum atomic E-state index is -0.318. The van der Waals surface area contributed by atoms with Crippen molar-refractivity contribution in [2.75, 3.05) is 19.7 Å². The van der Waals surface area contributed by atoms with Crippen LogP contribution in [-0.2, 0) is 9.53 Å². The Balaban J connectivity index is 0.000000293. The fourth-order valence-corrected chi connectivity index (χ4v) is 1.23. The van der Waals surface area contributed by atoms with Crippen LogP contribution < -0.4 is 0 Å². The van der Waals surface area contributed by atoms with Crippen molar-refractivity contribution in [1.29, 1.82) is 0 Å². The van der Waals surface area contributed by atoms with Crippen LogP contribution in [0.25, 0.3) is 0 Å². The monoisotopic (exact) mass is 235 g/mol. The smallest absolute Gasteiger partial charge is 0.293 e. The molecule has 4 nitrogen and oxygen atoms in total. The lowest BCUT2D eigenvalue weighted by molar-refractivity contribution is -0.138. The second-order valence-electron chi connectivity index (χ2n) is 4.86. The summed E-state index contributed by atoms with van der Waals surface area (Å²) in [5.74, 6) is 0.344. The molecule has 1 aliphatic heterocycles. The molecule has 1 rings (SSSR count). The molecule has 1 saturated heterocycles. The first-order valence-electron chi connectivity index (χ1n) is 5.52. The highest BCUT2D eigenvalue weighted by Gasteiger charge is 2.17. The van der Waals surface area contributed by atoms with Gasteiger partial charge in [-0.05, 0) is 39.5 Å². The highest BCUT2D eigenvalue weighted by atomic mass is 19.2. The van der Waals surface area contributed by atoms with Crippen LogP contribution in [0.4, 0.5) is 4.48 Å². The Morgan fingerprint density at radius 3 is 2.19 bits per heavy atom. The van der Waals surface area contributed by atoms with Gasteiger partial charge in [0.2, 0.25) is 0 Å². The molecule has 0 aromatic heterocycles. The molecule has 16 heavy (non-hydrogen) atoms. The summed E-state index contributed by atoms with van der Waals surface area (Å²) in [7, 11) is 0. The van der Waals surface area contributed by atoms with E-state index in [-0.39, 0.29) is 12.2 Å². The van der Waals surface area contributed by atoms with Gasteiger partial charge < -0.3 is 9.84 Å². The molecule has 0 aromatic carbocycles. The first-order chi connectivity index (χ1) is 7.39. The number of aliphatic hydroxyl groups is 1. The summed E-state index contributed by atoms with van der Waals surface area (Å²) in [6.45, 7) is 7.12. The number of aliphatic hydroxyl groups excluding tert-OH is 1. The van der Waals surface area contributed by atoms with Crippen molar-refractivity contribution in [3.63, 3.8) is 0 Å². The van der Waals surface area contributed by atoms with Crippen LogP contribution in [0.2, 0.25) is 0 Å². The molecule has 0 spiro atoms. The average molecular weight is 235 g/mol. The first-order valence-corrected chi connectivity index (χ1v) is 5.52. The molecule has 0 aliphatic carbocycles. The summed E-state index contributed by atoms with van der Waals surface area (Å²) in [5.41, 5.74) is -0.318. The van der Waals surface area contributed by atoms with E-state index in [0.29, 0.717) is 25.5 Å². The van der Waals surface area contributed by atoms with Crippen molar-refractivity contribution in [2.24, 2.45) is 5.92 Å². The standard InChI is InChI=1S/C6H12FNO.C5H10O2/c7-8-3-1-6(5-9)2-4-8;1-5(2,3)7-4-6/h6,9H,1-5H2;4H,1-3H3. The van der Waals surface area contributed by atoms with Crippen LogP contribution in [0.5, 0.6) is 0 Å². The van der Waals surface area contributed by atoms with E-state index < -0.39 is 0 Å². The zero-order valence-electron chi connectivity index (χ0n) is 10.3. The fourth-order valence-electron chi connectivity index (χ4n) is 1.23. The van der Waals surface area contributed by atoms with Gasteiger partial charge in [-0.3, -0.25) is 4.79 Å². The van der Waals surface area contributed by atoms with Gasteiger partial charge in [-0.2, -0.15) is 0 Å². The third-order valence-electron chi connectivity index (χ3n) is 2.22. The lowest BCUT2D eigenvalue weighted by Gasteiger charge is -2.23. The number of rotatable bonds is 2. The summed E-state index contributed by atoms with van der Waals surface area (Å²) in [5, 5.41) is 9.45. The maximum Gasteiger partial charge on any atom is 0.293 e. The summed E-state index contributed by atoms with van der Waals surface area (Å²) < 4.78 is 16.8. The van der Waals surface area contributed by atoms with Crippen LogP contribution in [-0.4, -0.2) is 42.0 Å². The Morgan fingerprint density at radius 2 is 1.94 bits per heavy atom. The van der Waals surface area contributed by atoms with Gasteiger partial charge in [-0.25, -0.2) is 0 Å². The third-order valence-corrected chi connectivity index (χ3v) is 2.22. The van der Waals surface area contributed by atoms with Crippen LogP contribution in [0.3, 0.4) is 0 Å². The maximum atomic E-state index is 12.2. The quantitative estimate of drug-likeness (QED) is 0.582. The Labute approximate surface area is 96.3 Å². The van der Waals surface area contributed by atoms with Crippen molar-refractivity contribution in [2.45, 2.75) is 39.2 Å². The predicted molar refractivity (Wildman–Crippen MR) is 59.4 cm³/mol. The van der Waals surface area contributed by atoms with Crippen molar-refractivity contribution >= 4 is 6.47 Å². The molecular weight excluding hydrogens is 213 g/mol. The Hall–Kier alpha value is -0.680. The van der Waals surface area contributed by atoms with Crippen molar-refractivity contribution in [1.82, 2.24) is 5.12 Å². The Bertz CT molecular complexity index is 186. The van der Waals surface area contributed by atoms with Gasteiger partial charge in [-0.1, -0.05) is 0 Å². The number of halogens is 1. The molecule has 0 bridgehead atoms. The summed E-state index contributed by atoms with van der Waals surface area (Å²) in [6.07, 6.45) is 1.60.